The lowest BCUT2D eigenvalue weighted by Gasteiger charge is -2.06. The van der Waals surface area contributed by atoms with Crippen LogP contribution in [0.2, 0.25) is 0 Å². The number of carbonyl (C=O) groups is 1. The zero-order valence-corrected chi connectivity index (χ0v) is 8.71. The molecule has 0 fully saturated rings. The Morgan fingerprint density at radius 3 is 2.79 bits per heavy atom. The van der Waals surface area contributed by atoms with Gasteiger partial charge in [0.05, 0.1) is 10.9 Å². The van der Waals surface area contributed by atoms with Crippen molar-refractivity contribution in [3.63, 3.8) is 0 Å². The molecule has 0 heterocycles. The van der Waals surface area contributed by atoms with Gasteiger partial charge in [-0.15, -0.1) is 0 Å². The molecule has 0 radical (unpaired) electrons. The fourth-order valence-corrected chi connectivity index (χ4v) is 1.37. The lowest BCUT2D eigenvalue weighted by atomic mass is 10.0. The van der Waals surface area contributed by atoms with Crippen molar-refractivity contribution in [2.45, 2.75) is 0 Å². The minimum atomic E-state index is -0.324. The van der Waals surface area contributed by atoms with E-state index in [1.54, 1.807) is 6.07 Å². The first kappa shape index (κ1) is 10.5. The molecule has 1 aromatic rings. The molecule has 0 aliphatic carbocycles. The maximum Gasteiger partial charge on any atom is 0.176 e. The van der Waals surface area contributed by atoms with E-state index in [2.05, 4.69) is 15.9 Å². The van der Waals surface area contributed by atoms with Crippen LogP contribution in [-0.2, 0) is 0 Å². The van der Waals surface area contributed by atoms with E-state index in [-0.39, 0.29) is 33.7 Å². The molecule has 4 nitrogen and oxygen atoms in total. The number of nitrogens with zero attached hydrogens (tertiary/aromatic N) is 1. The largest absolute Gasteiger partial charge is 0.507 e. The predicted molar refractivity (Wildman–Crippen MR) is 55.4 cm³/mol. The second kappa shape index (κ2) is 4.11. The van der Waals surface area contributed by atoms with Gasteiger partial charge in [-0.3, -0.25) is 4.79 Å². The standard InChI is InChI=1S/C9H7BrN2O2/c10-3-8(14)9-5(4-11)7(13)2-1-6(9)12/h1-2,13H,3,12H2. The maximum absolute atomic E-state index is 11.4. The molecule has 72 valence electrons. The van der Waals surface area contributed by atoms with Crippen LogP contribution in [0.5, 0.6) is 5.75 Å². The number of hydrogen-bond donors (Lipinski definition) is 2. The summed E-state index contributed by atoms with van der Waals surface area (Å²) in [7, 11) is 0. The van der Waals surface area contributed by atoms with E-state index in [0.717, 1.165) is 0 Å². The van der Waals surface area contributed by atoms with Crippen molar-refractivity contribution < 1.29 is 9.90 Å². The number of carbonyl (C=O) groups excluding carboxylic acids is 1. The number of halogens is 1. The molecule has 3 N–H and O–H groups in total. The summed E-state index contributed by atoms with van der Waals surface area (Å²) in [6, 6.07) is 4.43. The first-order chi connectivity index (χ1) is 6.61. The normalized spacial score (nSPS) is 9.43. The average molecular weight is 255 g/mol. The van der Waals surface area contributed by atoms with Gasteiger partial charge in [0, 0.05) is 5.69 Å². The summed E-state index contributed by atoms with van der Waals surface area (Å²) < 4.78 is 0. The van der Waals surface area contributed by atoms with Gasteiger partial charge >= 0.3 is 0 Å². The van der Waals surface area contributed by atoms with E-state index < -0.39 is 0 Å². The average Bonchev–Trinajstić information content (AvgIpc) is 2.19. The predicted octanol–water partition coefficient (Wildman–Crippen LogP) is 1.42. The Kier molecular flexibility index (Phi) is 3.10. The highest BCUT2D eigenvalue weighted by molar-refractivity contribution is 9.09. The number of Topliss-reactive ketones (excluding diaryl/α,β-unsaturated/α-hetero) is 1. The Balaban J connectivity index is 3.47. The van der Waals surface area contributed by atoms with Gasteiger partial charge in [0.1, 0.15) is 17.4 Å². The van der Waals surface area contributed by atoms with Crippen molar-refractivity contribution in [3.8, 4) is 11.8 Å². The van der Waals surface area contributed by atoms with Crippen LogP contribution >= 0.6 is 15.9 Å². The van der Waals surface area contributed by atoms with Crippen molar-refractivity contribution in [1.29, 1.82) is 5.26 Å². The second-order valence-corrected chi connectivity index (χ2v) is 3.15. The Hall–Kier alpha value is -1.54. The van der Waals surface area contributed by atoms with E-state index in [4.69, 9.17) is 11.0 Å². The SMILES string of the molecule is N#Cc1c(O)ccc(N)c1C(=O)CBr. The van der Waals surface area contributed by atoms with Crippen LogP contribution in [0.3, 0.4) is 0 Å². The highest BCUT2D eigenvalue weighted by Crippen LogP contribution is 2.26. The number of rotatable bonds is 2. The molecule has 1 aromatic carbocycles. The van der Waals surface area contributed by atoms with E-state index >= 15 is 0 Å². The van der Waals surface area contributed by atoms with E-state index in [1.165, 1.54) is 12.1 Å². The molecule has 0 unspecified atom stereocenters. The lowest BCUT2D eigenvalue weighted by Crippen LogP contribution is -2.07. The fourth-order valence-electron chi connectivity index (χ4n) is 1.09. The zero-order valence-electron chi connectivity index (χ0n) is 7.12. The Morgan fingerprint density at radius 1 is 1.64 bits per heavy atom. The number of anilines is 1. The number of nitrogen functional groups attached to an aromatic ring is 1. The summed E-state index contributed by atoms with van der Waals surface area (Å²) in [5.41, 5.74) is 5.74. The number of nitriles is 1. The van der Waals surface area contributed by atoms with E-state index in [0.29, 0.717) is 0 Å². The number of hydrogen-bond acceptors (Lipinski definition) is 4. The summed E-state index contributed by atoms with van der Waals surface area (Å²) >= 11 is 2.98. The van der Waals surface area contributed by atoms with Gasteiger partial charge in [-0.05, 0) is 12.1 Å². The Labute approximate surface area is 89.1 Å². The topological polar surface area (TPSA) is 87.1 Å². The van der Waals surface area contributed by atoms with Crippen LogP contribution in [0, 0.1) is 11.3 Å². The molecule has 0 spiro atoms. The molecule has 0 bridgehead atoms. The van der Waals surface area contributed by atoms with Gasteiger partial charge in [0.25, 0.3) is 0 Å². The first-order valence-corrected chi connectivity index (χ1v) is 4.84. The van der Waals surface area contributed by atoms with E-state index in [9.17, 15) is 9.90 Å². The molecule has 0 aliphatic rings. The number of benzene rings is 1. The van der Waals surface area contributed by atoms with Gasteiger partial charge in [0.2, 0.25) is 0 Å². The second-order valence-electron chi connectivity index (χ2n) is 2.59. The molecule has 0 amide bonds. The molecule has 5 heteroatoms. The third kappa shape index (κ3) is 1.70. The van der Waals surface area contributed by atoms with Crippen LogP contribution in [0.25, 0.3) is 0 Å². The van der Waals surface area contributed by atoms with Crippen LogP contribution < -0.4 is 5.73 Å². The zero-order chi connectivity index (χ0) is 10.7. The van der Waals surface area contributed by atoms with Gasteiger partial charge in [-0.25, -0.2) is 0 Å². The van der Waals surface area contributed by atoms with Crippen molar-refractivity contribution in [1.82, 2.24) is 0 Å². The van der Waals surface area contributed by atoms with Gasteiger partial charge in [-0.1, -0.05) is 15.9 Å². The molecule has 0 aliphatic heterocycles. The van der Waals surface area contributed by atoms with Crippen LogP contribution in [-0.4, -0.2) is 16.2 Å². The number of phenols is 1. The highest BCUT2D eigenvalue weighted by atomic mass is 79.9. The molecule has 14 heavy (non-hydrogen) atoms. The Morgan fingerprint density at radius 2 is 2.29 bits per heavy atom. The molecule has 0 saturated carbocycles. The fraction of sp³-hybridized carbons (Fsp3) is 0.111. The summed E-state index contributed by atoms with van der Waals surface area (Å²) in [6.45, 7) is 0. The smallest absolute Gasteiger partial charge is 0.176 e. The first-order valence-electron chi connectivity index (χ1n) is 3.72. The van der Waals surface area contributed by atoms with Crippen molar-refractivity contribution in [3.05, 3.63) is 23.3 Å². The minimum Gasteiger partial charge on any atom is -0.507 e. The third-order valence-corrected chi connectivity index (χ3v) is 2.24. The molecular formula is C9H7BrN2O2. The number of aromatic hydroxyl groups is 1. The minimum absolute atomic E-state index is 0.0648. The maximum atomic E-state index is 11.4. The molecular weight excluding hydrogens is 248 g/mol. The molecule has 0 aromatic heterocycles. The van der Waals surface area contributed by atoms with Crippen molar-refractivity contribution >= 4 is 27.4 Å². The lowest BCUT2D eigenvalue weighted by molar-refractivity contribution is 0.102. The van der Waals surface area contributed by atoms with Crippen molar-refractivity contribution in [2.75, 3.05) is 11.1 Å². The summed E-state index contributed by atoms with van der Waals surface area (Å²) in [5.74, 6) is -0.555. The Bertz CT molecular complexity index is 424. The van der Waals surface area contributed by atoms with Crippen LogP contribution in [0.1, 0.15) is 15.9 Å². The van der Waals surface area contributed by atoms with Gasteiger partial charge < -0.3 is 10.8 Å². The number of ketones is 1. The van der Waals surface area contributed by atoms with Gasteiger partial charge in [0.15, 0.2) is 5.78 Å². The molecule has 1 rings (SSSR count). The quantitative estimate of drug-likeness (QED) is 0.362. The summed E-state index contributed by atoms with van der Waals surface area (Å²) in [6.07, 6.45) is 0. The molecule has 0 saturated heterocycles. The molecule has 0 atom stereocenters. The number of nitrogens with two attached hydrogens (primary N) is 1. The monoisotopic (exact) mass is 254 g/mol. The van der Waals surface area contributed by atoms with Crippen LogP contribution in [0.15, 0.2) is 12.1 Å². The van der Waals surface area contributed by atoms with Crippen molar-refractivity contribution in [2.24, 2.45) is 0 Å². The van der Waals surface area contributed by atoms with Crippen LogP contribution in [0.4, 0.5) is 5.69 Å². The van der Waals surface area contributed by atoms with E-state index in [1.807, 2.05) is 0 Å². The number of phenolic OH excluding ortho intramolecular Hbond substituents is 1. The summed E-state index contributed by atoms with van der Waals surface area (Å²) in [4.78, 5) is 11.4. The summed E-state index contributed by atoms with van der Waals surface area (Å²) in [5, 5.41) is 18.1. The van der Waals surface area contributed by atoms with Gasteiger partial charge in [-0.2, -0.15) is 5.26 Å². The third-order valence-electron chi connectivity index (χ3n) is 1.73. The number of alkyl halides is 1. The highest BCUT2D eigenvalue weighted by Gasteiger charge is 2.16.